The van der Waals surface area contributed by atoms with E-state index in [-0.39, 0.29) is 0 Å². The third-order valence-corrected chi connectivity index (χ3v) is 3.06. The first-order chi connectivity index (χ1) is 7.34. The second kappa shape index (κ2) is 5.33. The van der Waals surface area contributed by atoms with Crippen LogP contribution in [0.5, 0.6) is 0 Å². The van der Waals surface area contributed by atoms with Gasteiger partial charge in [-0.1, -0.05) is 0 Å². The Morgan fingerprint density at radius 1 is 1.60 bits per heavy atom. The average molecular weight is 208 g/mol. The third-order valence-electron chi connectivity index (χ3n) is 3.06. The van der Waals surface area contributed by atoms with Gasteiger partial charge in [-0.2, -0.15) is 0 Å². The van der Waals surface area contributed by atoms with E-state index < -0.39 is 0 Å². The van der Waals surface area contributed by atoms with Gasteiger partial charge in [-0.15, -0.1) is 0 Å². The van der Waals surface area contributed by atoms with Gasteiger partial charge in [0.2, 0.25) is 0 Å². The van der Waals surface area contributed by atoms with E-state index in [1.54, 1.807) is 12.5 Å². The van der Waals surface area contributed by atoms with Gasteiger partial charge in [-0.05, 0) is 45.0 Å². The van der Waals surface area contributed by atoms with E-state index in [0.29, 0.717) is 0 Å². The van der Waals surface area contributed by atoms with Crippen molar-refractivity contribution in [3.8, 4) is 0 Å². The van der Waals surface area contributed by atoms with Crippen molar-refractivity contribution in [3.05, 3.63) is 24.2 Å². The van der Waals surface area contributed by atoms with Gasteiger partial charge in [-0.25, -0.2) is 0 Å². The van der Waals surface area contributed by atoms with E-state index in [1.165, 1.54) is 31.5 Å². The van der Waals surface area contributed by atoms with Crippen LogP contribution in [0.4, 0.5) is 0 Å². The highest BCUT2D eigenvalue weighted by Gasteiger charge is 2.16. The quantitative estimate of drug-likeness (QED) is 0.816. The van der Waals surface area contributed by atoms with Crippen LogP contribution >= 0.6 is 0 Å². The lowest BCUT2D eigenvalue weighted by Gasteiger charge is -2.29. The Morgan fingerprint density at radius 2 is 2.53 bits per heavy atom. The predicted molar refractivity (Wildman–Crippen MR) is 60.6 cm³/mol. The Morgan fingerprint density at radius 3 is 3.27 bits per heavy atom. The molecule has 2 heterocycles. The molecule has 0 amide bonds. The molecule has 1 aliphatic rings. The molecule has 2 rings (SSSR count). The molecule has 1 atom stereocenters. The summed E-state index contributed by atoms with van der Waals surface area (Å²) in [6.45, 7) is 4.54. The van der Waals surface area contributed by atoms with Gasteiger partial charge in [0.05, 0.1) is 12.5 Å². The highest BCUT2D eigenvalue weighted by molar-refractivity contribution is 5.04. The van der Waals surface area contributed by atoms with Crippen LogP contribution in [0.25, 0.3) is 0 Å². The van der Waals surface area contributed by atoms with E-state index in [1.807, 2.05) is 6.07 Å². The summed E-state index contributed by atoms with van der Waals surface area (Å²) in [4.78, 5) is 2.42. The van der Waals surface area contributed by atoms with Crippen LogP contribution in [0.15, 0.2) is 23.0 Å². The van der Waals surface area contributed by atoms with Crippen LogP contribution in [0, 0.1) is 5.92 Å². The number of nitrogens with one attached hydrogen (secondary N) is 1. The zero-order valence-corrected chi connectivity index (χ0v) is 9.41. The van der Waals surface area contributed by atoms with Crippen molar-refractivity contribution in [1.29, 1.82) is 0 Å². The van der Waals surface area contributed by atoms with Crippen molar-refractivity contribution in [2.45, 2.75) is 19.4 Å². The molecule has 0 spiro atoms. The lowest BCUT2D eigenvalue weighted by atomic mass is 9.98. The second-order valence-corrected chi connectivity index (χ2v) is 4.53. The first-order valence-corrected chi connectivity index (χ1v) is 5.75. The van der Waals surface area contributed by atoms with Gasteiger partial charge in [-0.3, -0.25) is 0 Å². The predicted octanol–water partition coefficient (Wildman–Crippen LogP) is 1.71. The van der Waals surface area contributed by atoms with Crippen LogP contribution in [0.2, 0.25) is 0 Å². The average Bonchev–Trinajstić information content (AvgIpc) is 2.71. The summed E-state index contributed by atoms with van der Waals surface area (Å²) in [5.74, 6) is 0.815. The molecule has 0 aliphatic carbocycles. The van der Waals surface area contributed by atoms with E-state index in [9.17, 15) is 0 Å². The molecule has 1 fully saturated rings. The number of likely N-dealkylation sites (tertiary alicyclic amines) is 1. The molecule has 0 aromatic carbocycles. The Hall–Kier alpha value is -0.800. The van der Waals surface area contributed by atoms with Crippen LogP contribution in [0.1, 0.15) is 18.4 Å². The van der Waals surface area contributed by atoms with E-state index in [2.05, 4.69) is 17.3 Å². The fraction of sp³-hybridized carbons (Fsp3) is 0.667. The Kier molecular flexibility index (Phi) is 3.80. The van der Waals surface area contributed by atoms with Crippen molar-refractivity contribution in [3.63, 3.8) is 0 Å². The van der Waals surface area contributed by atoms with Crippen molar-refractivity contribution < 1.29 is 4.42 Å². The van der Waals surface area contributed by atoms with Gasteiger partial charge in [0.15, 0.2) is 0 Å². The highest BCUT2D eigenvalue weighted by atomic mass is 16.3. The molecule has 0 bridgehead atoms. The van der Waals surface area contributed by atoms with Gasteiger partial charge in [0.1, 0.15) is 0 Å². The van der Waals surface area contributed by atoms with Crippen molar-refractivity contribution in [2.24, 2.45) is 5.92 Å². The number of hydrogen-bond acceptors (Lipinski definition) is 3. The first-order valence-electron chi connectivity index (χ1n) is 5.75. The zero-order valence-electron chi connectivity index (χ0n) is 9.41. The maximum atomic E-state index is 5.03. The molecule has 84 valence electrons. The summed E-state index contributed by atoms with van der Waals surface area (Å²) in [5.41, 5.74) is 1.24. The zero-order chi connectivity index (χ0) is 10.5. The summed E-state index contributed by atoms with van der Waals surface area (Å²) in [5, 5.41) is 3.49. The smallest absolute Gasteiger partial charge is 0.0947 e. The Bertz CT molecular complexity index is 271. The Balaban J connectivity index is 1.65. The summed E-state index contributed by atoms with van der Waals surface area (Å²) in [6.07, 6.45) is 6.24. The molecular weight excluding hydrogens is 188 g/mol. The van der Waals surface area contributed by atoms with Crippen LogP contribution < -0.4 is 5.32 Å². The third kappa shape index (κ3) is 3.36. The largest absolute Gasteiger partial charge is 0.472 e. The maximum Gasteiger partial charge on any atom is 0.0947 e. The topological polar surface area (TPSA) is 28.4 Å². The Labute approximate surface area is 91.4 Å². The lowest BCUT2D eigenvalue weighted by molar-refractivity contribution is 0.206. The standard InChI is InChI=1S/C12H20N2O/c1-14-5-2-3-11(9-14)7-13-8-12-4-6-15-10-12/h4,6,10-11,13H,2-3,5,7-9H2,1H3. The SMILES string of the molecule is CN1CCCC(CNCc2ccoc2)C1. The van der Waals surface area contributed by atoms with Gasteiger partial charge in [0, 0.05) is 18.7 Å². The molecule has 0 radical (unpaired) electrons. The molecule has 3 nitrogen and oxygen atoms in total. The molecule has 1 aromatic rings. The summed E-state index contributed by atoms with van der Waals surface area (Å²) in [6, 6.07) is 2.01. The minimum atomic E-state index is 0.815. The van der Waals surface area contributed by atoms with E-state index in [0.717, 1.165) is 19.0 Å². The number of nitrogens with zero attached hydrogens (tertiary/aromatic N) is 1. The highest BCUT2D eigenvalue weighted by Crippen LogP contribution is 2.14. The fourth-order valence-corrected chi connectivity index (χ4v) is 2.25. The monoisotopic (exact) mass is 208 g/mol. The normalized spacial score (nSPS) is 23.1. The maximum absolute atomic E-state index is 5.03. The second-order valence-electron chi connectivity index (χ2n) is 4.53. The van der Waals surface area contributed by atoms with Crippen molar-refractivity contribution in [1.82, 2.24) is 10.2 Å². The van der Waals surface area contributed by atoms with Gasteiger partial charge < -0.3 is 14.6 Å². The molecular formula is C12H20N2O. The van der Waals surface area contributed by atoms with Crippen LogP contribution in [-0.4, -0.2) is 31.6 Å². The molecule has 3 heteroatoms. The van der Waals surface area contributed by atoms with Crippen molar-refractivity contribution in [2.75, 3.05) is 26.7 Å². The molecule has 1 unspecified atom stereocenters. The van der Waals surface area contributed by atoms with Crippen LogP contribution in [0.3, 0.4) is 0 Å². The van der Waals surface area contributed by atoms with E-state index >= 15 is 0 Å². The van der Waals surface area contributed by atoms with Crippen molar-refractivity contribution >= 4 is 0 Å². The van der Waals surface area contributed by atoms with Gasteiger partial charge in [0.25, 0.3) is 0 Å². The molecule has 0 saturated carbocycles. The van der Waals surface area contributed by atoms with E-state index in [4.69, 9.17) is 4.42 Å². The molecule has 1 aromatic heterocycles. The minimum Gasteiger partial charge on any atom is -0.472 e. The lowest BCUT2D eigenvalue weighted by Crippen LogP contribution is -2.37. The number of rotatable bonds is 4. The molecule has 1 N–H and O–H groups in total. The summed E-state index contributed by atoms with van der Waals surface area (Å²) >= 11 is 0. The van der Waals surface area contributed by atoms with Crippen LogP contribution in [-0.2, 0) is 6.54 Å². The molecule has 1 saturated heterocycles. The summed E-state index contributed by atoms with van der Waals surface area (Å²) in [7, 11) is 2.21. The first kappa shape index (κ1) is 10.7. The number of furan rings is 1. The number of piperidine rings is 1. The van der Waals surface area contributed by atoms with Gasteiger partial charge >= 0.3 is 0 Å². The minimum absolute atomic E-state index is 0.815. The molecule has 15 heavy (non-hydrogen) atoms. The summed E-state index contributed by atoms with van der Waals surface area (Å²) < 4.78 is 5.03. The number of hydrogen-bond donors (Lipinski definition) is 1. The fourth-order valence-electron chi connectivity index (χ4n) is 2.25. The molecule has 1 aliphatic heterocycles.